The molecule has 2 rings (SSSR count). The number of ketones is 1. The summed E-state index contributed by atoms with van der Waals surface area (Å²) in [5.41, 5.74) is 5.00. The highest BCUT2D eigenvalue weighted by atomic mass is 19.2. The molecular weight excluding hydrogens is 466 g/mol. The Bertz CT molecular complexity index is 933. The van der Waals surface area contributed by atoms with Crippen molar-refractivity contribution in [2.45, 2.75) is 45.3 Å². The van der Waals surface area contributed by atoms with Crippen LogP contribution >= 0.6 is 0 Å². The molecule has 1 aliphatic heterocycles. The monoisotopic (exact) mass is 491 g/mol. The first-order valence-electron chi connectivity index (χ1n) is 10.4. The molecule has 0 aromatic heterocycles. The maximum atomic E-state index is 13.8. The van der Waals surface area contributed by atoms with Crippen molar-refractivity contribution in [3.63, 3.8) is 0 Å². The van der Waals surface area contributed by atoms with E-state index in [1.807, 2.05) is 0 Å². The highest BCUT2D eigenvalue weighted by Crippen LogP contribution is 2.26. The summed E-state index contributed by atoms with van der Waals surface area (Å²) < 4.78 is 63.9. The van der Waals surface area contributed by atoms with Gasteiger partial charge in [-0.1, -0.05) is 13.8 Å². The molecule has 188 valence electrons. The predicted molar refractivity (Wildman–Crippen MR) is 108 cm³/mol. The van der Waals surface area contributed by atoms with Gasteiger partial charge in [-0.15, -0.1) is 0 Å². The van der Waals surface area contributed by atoms with Gasteiger partial charge in [0.1, 0.15) is 6.61 Å². The van der Waals surface area contributed by atoms with Crippen LogP contribution in [0.3, 0.4) is 0 Å². The van der Waals surface area contributed by atoms with Gasteiger partial charge in [-0.2, -0.15) is 8.78 Å². The predicted octanol–water partition coefficient (Wildman–Crippen LogP) is 1.71. The number of ether oxygens (including phenoxy) is 2. The molecule has 3 atom stereocenters. The minimum absolute atomic E-state index is 0.0192. The largest absolute Gasteiger partial charge is 0.479 e. The number of rotatable bonds is 11. The molecule has 0 bridgehead atoms. The quantitative estimate of drug-likeness (QED) is 0.319. The molecule has 13 heteroatoms. The third kappa shape index (κ3) is 7.06. The fourth-order valence-corrected chi connectivity index (χ4v) is 3.39. The molecule has 9 nitrogen and oxygen atoms in total. The zero-order chi connectivity index (χ0) is 25.6. The highest BCUT2D eigenvalue weighted by molar-refractivity contribution is 5.92. The summed E-state index contributed by atoms with van der Waals surface area (Å²) in [5.74, 6) is -11.6. The van der Waals surface area contributed by atoms with Gasteiger partial charge in [-0.3, -0.25) is 14.4 Å². The molecular formula is C21H25F4N3O6. The van der Waals surface area contributed by atoms with Crippen molar-refractivity contribution < 1.29 is 46.2 Å². The first kappa shape index (κ1) is 26.9. The van der Waals surface area contributed by atoms with E-state index in [-0.39, 0.29) is 30.7 Å². The van der Waals surface area contributed by atoms with Crippen molar-refractivity contribution in [3.8, 4) is 5.75 Å². The van der Waals surface area contributed by atoms with E-state index >= 15 is 0 Å². The number of nitrogens with one attached hydrogen (secondary N) is 2. The molecule has 1 heterocycles. The van der Waals surface area contributed by atoms with Gasteiger partial charge < -0.3 is 25.8 Å². The van der Waals surface area contributed by atoms with E-state index in [0.29, 0.717) is 13.0 Å². The molecule has 4 N–H and O–H groups in total. The molecule has 0 aliphatic carbocycles. The average molecular weight is 491 g/mol. The van der Waals surface area contributed by atoms with E-state index in [2.05, 4.69) is 10.6 Å². The van der Waals surface area contributed by atoms with Gasteiger partial charge >= 0.3 is 6.09 Å². The van der Waals surface area contributed by atoms with E-state index in [1.54, 1.807) is 13.8 Å². The summed E-state index contributed by atoms with van der Waals surface area (Å²) >= 11 is 0. The second-order valence-corrected chi connectivity index (χ2v) is 8.18. The average Bonchev–Trinajstić information content (AvgIpc) is 3.14. The Hall–Kier alpha value is -3.38. The first-order valence-corrected chi connectivity index (χ1v) is 10.4. The molecule has 34 heavy (non-hydrogen) atoms. The van der Waals surface area contributed by atoms with Gasteiger partial charge in [-0.25, -0.2) is 13.6 Å². The molecule has 0 radical (unpaired) electrons. The van der Waals surface area contributed by atoms with E-state index in [9.17, 15) is 36.7 Å². The van der Waals surface area contributed by atoms with Crippen LogP contribution in [0.2, 0.25) is 0 Å². The fourth-order valence-electron chi connectivity index (χ4n) is 3.39. The summed E-state index contributed by atoms with van der Waals surface area (Å²) in [5, 5.41) is 4.91. The van der Waals surface area contributed by atoms with Crippen LogP contribution in [0.1, 0.15) is 33.1 Å². The summed E-state index contributed by atoms with van der Waals surface area (Å²) in [7, 11) is 0. The Morgan fingerprint density at radius 1 is 1.18 bits per heavy atom. The van der Waals surface area contributed by atoms with Gasteiger partial charge in [0.15, 0.2) is 29.3 Å². The van der Waals surface area contributed by atoms with Crippen LogP contribution in [0, 0.1) is 35.1 Å². The van der Waals surface area contributed by atoms with Crippen LogP contribution in [-0.2, 0) is 19.1 Å². The summed E-state index contributed by atoms with van der Waals surface area (Å²) in [4.78, 5) is 48.6. The highest BCUT2D eigenvalue weighted by Gasteiger charge is 2.34. The van der Waals surface area contributed by atoms with Crippen molar-refractivity contribution in [3.05, 3.63) is 29.3 Å². The SMILES string of the molecule is CC(C)C[C@H](OC(N)=O)C(=O)N[C@@H](C[C@@H]1CCNC1=O)C(=O)COc1c(F)c(F)cc(F)c1F. The zero-order valence-electron chi connectivity index (χ0n) is 18.5. The topological polar surface area (TPSA) is 137 Å². The molecule has 1 aromatic carbocycles. The molecule has 0 spiro atoms. The van der Waals surface area contributed by atoms with Gasteiger partial charge in [0, 0.05) is 18.5 Å². The third-order valence-corrected chi connectivity index (χ3v) is 5.05. The second-order valence-electron chi connectivity index (χ2n) is 8.18. The lowest BCUT2D eigenvalue weighted by molar-refractivity contribution is -0.135. The number of hydrogen-bond donors (Lipinski definition) is 3. The van der Waals surface area contributed by atoms with Crippen LogP contribution in [0.15, 0.2) is 6.07 Å². The Kier molecular flexibility index (Phi) is 9.21. The van der Waals surface area contributed by atoms with Crippen molar-refractivity contribution >= 4 is 23.7 Å². The Morgan fingerprint density at radius 3 is 2.29 bits per heavy atom. The summed E-state index contributed by atoms with van der Waals surface area (Å²) in [6.07, 6.45) is -2.35. The molecule has 1 fully saturated rings. The number of benzene rings is 1. The van der Waals surface area contributed by atoms with Crippen LogP contribution in [-0.4, -0.2) is 49.0 Å². The minimum Gasteiger partial charge on any atom is -0.479 e. The maximum absolute atomic E-state index is 13.8. The van der Waals surface area contributed by atoms with E-state index in [4.69, 9.17) is 15.2 Å². The van der Waals surface area contributed by atoms with Crippen LogP contribution in [0.25, 0.3) is 0 Å². The Balaban J connectivity index is 2.21. The number of carbonyl (C=O) groups excluding carboxylic acids is 4. The number of carbonyl (C=O) groups is 4. The number of primary amides is 1. The first-order chi connectivity index (χ1) is 15.9. The van der Waals surface area contributed by atoms with Crippen LogP contribution in [0.5, 0.6) is 5.75 Å². The lowest BCUT2D eigenvalue weighted by Gasteiger charge is -2.24. The molecule has 1 aliphatic rings. The Labute approximate surface area is 192 Å². The summed E-state index contributed by atoms with van der Waals surface area (Å²) in [6.45, 7) is 2.74. The number of hydrogen-bond acceptors (Lipinski definition) is 6. The van der Waals surface area contributed by atoms with Gasteiger partial charge in [0.05, 0.1) is 6.04 Å². The maximum Gasteiger partial charge on any atom is 0.405 e. The summed E-state index contributed by atoms with van der Waals surface area (Å²) in [6, 6.07) is -1.42. The standard InChI is InChI=1S/C21H25F4N3O6/c1-9(2)5-15(34-21(26)32)20(31)28-13(6-10-3-4-27-19(10)30)14(29)8-33-18-16(24)11(22)7-12(23)17(18)25/h7,9-10,13,15H,3-6,8H2,1-2H3,(H2,26,32)(H,27,30)(H,28,31)/t10-,13-,15-/m0/s1. The molecule has 1 aromatic rings. The van der Waals surface area contributed by atoms with Gasteiger partial charge in [0.25, 0.3) is 5.91 Å². The van der Waals surface area contributed by atoms with Crippen molar-refractivity contribution in [1.29, 1.82) is 0 Å². The fraction of sp³-hybridized carbons (Fsp3) is 0.524. The normalized spacial score (nSPS) is 17.1. The van der Waals surface area contributed by atoms with Gasteiger partial charge in [0.2, 0.25) is 17.5 Å². The second kappa shape index (κ2) is 11.7. The van der Waals surface area contributed by atoms with Crippen LogP contribution in [0.4, 0.5) is 22.4 Å². The number of nitrogens with two attached hydrogens (primary N) is 1. The van der Waals surface area contributed by atoms with Crippen molar-refractivity contribution in [1.82, 2.24) is 10.6 Å². The van der Waals surface area contributed by atoms with Crippen LogP contribution < -0.4 is 21.1 Å². The number of halogens is 4. The van der Waals surface area contributed by atoms with E-state index in [1.165, 1.54) is 0 Å². The van der Waals surface area contributed by atoms with Crippen molar-refractivity contribution in [2.75, 3.05) is 13.2 Å². The third-order valence-electron chi connectivity index (χ3n) is 5.05. The Morgan fingerprint density at radius 2 is 1.79 bits per heavy atom. The smallest absolute Gasteiger partial charge is 0.405 e. The zero-order valence-corrected chi connectivity index (χ0v) is 18.5. The van der Waals surface area contributed by atoms with Gasteiger partial charge in [-0.05, 0) is 25.2 Å². The molecule has 0 unspecified atom stereocenters. The molecule has 1 saturated heterocycles. The lowest BCUT2D eigenvalue weighted by Crippen LogP contribution is -2.49. The lowest BCUT2D eigenvalue weighted by atomic mass is 9.95. The van der Waals surface area contributed by atoms with E-state index < -0.39 is 71.5 Å². The number of amides is 3. The molecule has 3 amide bonds. The number of Topliss-reactive ketones (excluding diaryl/α,β-unsaturated/α-hetero) is 1. The molecule has 0 saturated carbocycles. The minimum atomic E-state index is -1.84. The van der Waals surface area contributed by atoms with Crippen molar-refractivity contribution in [2.24, 2.45) is 17.6 Å². The van der Waals surface area contributed by atoms with E-state index in [0.717, 1.165) is 0 Å².